The molecule has 0 unspecified atom stereocenters. The lowest BCUT2D eigenvalue weighted by molar-refractivity contribution is -0.384. The fourth-order valence-corrected chi connectivity index (χ4v) is 5.26. The van der Waals surface area contributed by atoms with Crippen molar-refractivity contribution in [1.82, 2.24) is 10.2 Å². The molecule has 2 amide bonds. The lowest BCUT2D eigenvalue weighted by Crippen LogP contribution is -2.52. The average Bonchev–Trinajstić information content (AvgIpc) is 2.95. The van der Waals surface area contributed by atoms with Crippen LogP contribution in [0, 0.1) is 15.9 Å². The molecule has 212 valence electrons. The minimum absolute atomic E-state index is 0.0289. The van der Waals surface area contributed by atoms with Gasteiger partial charge in [0.15, 0.2) is 0 Å². The molecule has 0 aliphatic heterocycles. The fraction of sp³-hybridized carbons (Fsp3) is 0.286. The Hall–Kier alpha value is -4.32. The molecule has 2 atom stereocenters. The molecule has 0 saturated carbocycles. The first-order valence-electron chi connectivity index (χ1n) is 12.6. The summed E-state index contributed by atoms with van der Waals surface area (Å²) in [4.78, 5) is 38.5. The van der Waals surface area contributed by atoms with Gasteiger partial charge in [0.1, 0.15) is 18.4 Å². The predicted octanol–water partition coefficient (Wildman–Crippen LogP) is 4.26. The number of hydrogen-bond donors (Lipinski definition) is 1. The maximum absolute atomic E-state index is 13.8. The molecule has 3 aromatic rings. The Bertz CT molecular complexity index is 1430. The van der Waals surface area contributed by atoms with Crippen LogP contribution in [0.4, 0.5) is 15.8 Å². The van der Waals surface area contributed by atoms with Gasteiger partial charge in [-0.3, -0.25) is 24.0 Å². The van der Waals surface area contributed by atoms with Gasteiger partial charge in [0.2, 0.25) is 11.8 Å². The normalized spacial score (nSPS) is 12.7. The van der Waals surface area contributed by atoms with Crippen LogP contribution in [0.1, 0.15) is 32.8 Å². The highest BCUT2D eigenvalue weighted by molar-refractivity contribution is 7.92. The maximum Gasteiger partial charge on any atom is 0.269 e. The number of hydrogen-bond acceptors (Lipinski definition) is 6. The number of nitro benzene ring substituents is 1. The molecule has 0 aromatic heterocycles. The highest BCUT2D eigenvalue weighted by Crippen LogP contribution is 2.26. The summed E-state index contributed by atoms with van der Waals surface area (Å²) >= 11 is 0. The van der Waals surface area contributed by atoms with Gasteiger partial charge in [0.05, 0.1) is 15.5 Å². The number of halogens is 1. The largest absolute Gasteiger partial charge is 0.352 e. The predicted molar refractivity (Wildman–Crippen MR) is 148 cm³/mol. The minimum Gasteiger partial charge on any atom is -0.352 e. The molecular formula is C28H31FN4O6S. The second kappa shape index (κ2) is 13.2. The van der Waals surface area contributed by atoms with Gasteiger partial charge in [-0.1, -0.05) is 37.3 Å². The molecule has 3 rings (SSSR count). The topological polar surface area (TPSA) is 130 Å². The summed E-state index contributed by atoms with van der Waals surface area (Å²) in [7, 11) is -4.30. The Labute approximate surface area is 232 Å². The van der Waals surface area contributed by atoms with Crippen LogP contribution < -0.4 is 9.62 Å². The highest BCUT2D eigenvalue weighted by atomic mass is 32.2. The Kier molecular flexibility index (Phi) is 9.94. The molecule has 0 spiro atoms. The summed E-state index contributed by atoms with van der Waals surface area (Å²) in [5.41, 5.74) is 0.312. The third kappa shape index (κ3) is 7.41. The van der Waals surface area contributed by atoms with Crippen molar-refractivity contribution in [1.29, 1.82) is 0 Å². The number of nitrogens with one attached hydrogen (secondary N) is 1. The van der Waals surface area contributed by atoms with E-state index in [1.807, 2.05) is 13.8 Å². The van der Waals surface area contributed by atoms with E-state index < -0.39 is 45.2 Å². The van der Waals surface area contributed by atoms with Crippen LogP contribution in [-0.4, -0.2) is 48.7 Å². The van der Waals surface area contributed by atoms with Crippen molar-refractivity contribution in [3.8, 4) is 0 Å². The zero-order valence-corrected chi connectivity index (χ0v) is 23.2. The number of amides is 2. The Balaban J connectivity index is 2.02. The van der Waals surface area contributed by atoms with E-state index in [0.29, 0.717) is 12.0 Å². The van der Waals surface area contributed by atoms with E-state index in [9.17, 15) is 32.5 Å². The zero-order valence-electron chi connectivity index (χ0n) is 22.4. The van der Waals surface area contributed by atoms with Gasteiger partial charge < -0.3 is 10.2 Å². The lowest BCUT2D eigenvalue weighted by atomic mass is 10.1. The van der Waals surface area contributed by atoms with Crippen LogP contribution in [0.3, 0.4) is 0 Å². The van der Waals surface area contributed by atoms with Crippen molar-refractivity contribution in [2.75, 3.05) is 10.8 Å². The number of carbonyl (C=O) groups excluding carboxylic acids is 2. The smallest absolute Gasteiger partial charge is 0.269 e. The zero-order chi connectivity index (χ0) is 29.4. The van der Waals surface area contributed by atoms with Crippen LogP contribution in [0.2, 0.25) is 0 Å². The van der Waals surface area contributed by atoms with Gasteiger partial charge in [-0.25, -0.2) is 12.8 Å². The molecule has 0 saturated heterocycles. The summed E-state index contributed by atoms with van der Waals surface area (Å²) in [6.07, 6.45) is 0.660. The first-order valence-corrected chi connectivity index (χ1v) is 14.0. The summed E-state index contributed by atoms with van der Waals surface area (Å²) in [6, 6.07) is 16.5. The van der Waals surface area contributed by atoms with Crippen molar-refractivity contribution in [2.24, 2.45) is 0 Å². The Morgan fingerprint density at radius 3 is 2.12 bits per heavy atom. The maximum atomic E-state index is 13.8. The third-order valence-electron chi connectivity index (χ3n) is 6.39. The number of nitrogens with zero attached hydrogens (tertiary/aromatic N) is 3. The van der Waals surface area contributed by atoms with Crippen molar-refractivity contribution >= 4 is 33.2 Å². The van der Waals surface area contributed by atoms with Crippen molar-refractivity contribution in [3.05, 3.63) is 100 Å². The van der Waals surface area contributed by atoms with Crippen LogP contribution in [0.5, 0.6) is 0 Å². The number of benzene rings is 3. The summed E-state index contributed by atoms with van der Waals surface area (Å²) < 4.78 is 41.8. The van der Waals surface area contributed by atoms with E-state index in [4.69, 9.17) is 0 Å². The van der Waals surface area contributed by atoms with Crippen molar-refractivity contribution in [2.45, 2.75) is 50.7 Å². The molecule has 0 aliphatic rings. The first-order chi connectivity index (χ1) is 18.9. The van der Waals surface area contributed by atoms with E-state index in [2.05, 4.69) is 5.32 Å². The van der Waals surface area contributed by atoms with Crippen LogP contribution in [0.25, 0.3) is 0 Å². The van der Waals surface area contributed by atoms with Crippen LogP contribution >= 0.6 is 0 Å². The van der Waals surface area contributed by atoms with Gasteiger partial charge >= 0.3 is 0 Å². The van der Waals surface area contributed by atoms with Crippen molar-refractivity contribution in [3.63, 3.8) is 0 Å². The lowest BCUT2D eigenvalue weighted by Gasteiger charge is -2.32. The average molecular weight is 571 g/mol. The van der Waals surface area contributed by atoms with Gasteiger partial charge in [0, 0.05) is 24.7 Å². The van der Waals surface area contributed by atoms with Gasteiger partial charge in [-0.2, -0.15) is 0 Å². The molecule has 0 heterocycles. The first kappa shape index (κ1) is 30.2. The number of sulfonamides is 1. The van der Waals surface area contributed by atoms with E-state index >= 15 is 0 Å². The Morgan fingerprint density at radius 1 is 0.975 bits per heavy atom. The van der Waals surface area contributed by atoms with Gasteiger partial charge in [-0.05, 0) is 62.2 Å². The fourth-order valence-electron chi connectivity index (χ4n) is 3.82. The van der Waals surface area contributed by atoms with Gasteiger partial charge in [0.25, 0.3) is 15.7 Å². The SMILES string of the molecule is CC[C@H](C)NC(=O)[C@@H](C)N(Cc1ccc(F)cc1)C(=O)CN(c1ccc([N+](=O)[O-])cc1)S(=O)(=O)c1ccccc1. The molecule has 10 nitrogen and oxygen atoms in total. The number of nitro groups is 1. The van der Waals surface area contributed by atoms with Crippen molar-refractivity contribution < 1.29 is 27.3 Å². The van der Waals surface area contributed by atoms with E-state index in [1.54, 1.807) is 6.07 Å². The summed E-state index contributed by atoms with van der Waals surface area (Å²) in [5.74, 6) is -1.60. The van der Waals surface area contributed by atoms with Crippen LogP contribution in [-0.2, 0) is 26.2 Å². The second-order valence-corrected chi connectivity index (χ2v) is 11.1. The van der Waals surface area contributed by atoms with E-state index in [0.717, 1.165) is 16.4 Å². The highest BCUT2D eigenvalue weighted by Gasteiger charge is 2.33. The molecular weight excluding hydrogens is 539 g/mol. The number of carbonyl (C=O) groups is 2. The monoisotopic (exact) mass is 570 g/mol. The molecule has 0 bridgehead atoms. The summed E-state index contributed by atoms with van der Waals surface area (Å²) in [5, 5.41) is 14.0. The standard InChI is InChI=1S/C28H31FN4O6S/c1-4-20(2)30-28(35)21(3)31(18-22-10-12-23(29)13-11-22)27(34)19-32(24-14-16-25(17-15-24)33(36)37)40(38,39)26-8-6-5-7-9-26/h5-17,20-21H,4,18-19H2,1-3H3,(H,30,35)/t20-,21+/m0/s1. The molecule has 0 radical (unpaired) electrons. The molecule has 3 aromatic carbocycles. The van der Waals surface area contributed by atoms with Crippen LogP contribution in [0.15, 0.2) is 83.8 Å². The van der Waals surface area contributed by atoms with E-state index in [-0.39, 0.29) is 28.9 Å². The minimum atomic E-state index is -4.30. The van der Waals surface area contributed by atoms with Gasteiger partial charge in [-0.15, -0.1) is 0 Å². The molecule has 0 fully saturated rings. The molecule has 40 heavy (non-hydrogen) atoms. The molecule has 12 heteroatoms. The second-order valence-electron chi connectivity index (χ2n) is 9.24. The van der Waals surface area contributed by atoms with E-state index in [1.165, 1.54) is 72.5 Å². The number of anilines is 1. The Morgan fingerprint density at radius 2 is 1.57 bits per heavy atom. The quantitative estimate of drug-likeness (QED) is 0.256. The number of non-ortho nitro benzene ring substituents is 1. The third-order valence-corrected chi connectivity index (χ3v) is 8.18. The molecule has 0 aliphatic carbocycles. The molecule has 1 N–H and O–H groups in total. The number of rotatable bonds is 12. The summed E-state index contributed by atoms with van der Waals surface area (Å²) in [6.45, 7) is 4.46.